The van der Waals surface area contributed by atoms with Crippen LogP contribution in [0.15, 0.2) is 32.8 Å². The number of rotatable bonds is 7. The van der Waals surface area contributed by atoms with Gasteiger partial charge in [0.15, 0.2) is 15.9 Å². The molecule has 0 unspecified atom stereocenters. The van der Waals surface area contributed by atoms with Crippen molar-refractivity contribution in [1.82, 2.24) is 19.9 Å². The van der Waals surface area contributed by atoms with Gasteiger partial charge in [-0.25, -0.2) is 4.98 Å². The first-order valence-corrected chi connectivity index (χ1v) is 11.9. The zero-order chi connectivity index (χ0) is 21.1. The van der Waals surface area contributed by atoms with Crippen LogP contribution in [0.1, 0.15) is 32.4 Å². The minimum Gasteiger partial charge on any atom is -0.467 e. The topological polar surface area (TPSA) is 93.3 Å². The fourth-order valence-corrected chi connectivity index (χ4v) is 5.27. The average molecular weight is 448 g/mol. The lowest BCUT2D eigenvalue weighted by Crippen LogP contribution is -2.32. The van der Waals surface area contributed by atoms with Crippen molar-refractivity contribution in [3.05, 3.63) is 34.5 Å². The first-order valence-electron chi connectivity index (χ1n) is 10.1. The monoisotopic (exact) mass is 447 g/mol. The van der Waals surface area contributed by atoms with Crippen LogP contribution in [-0.4, -0.2) is 39.3 Å². The molecule has 4 heterocycles. The van der Waals surface area contributed by atoms with Crippen LogP contribution in [0.3, 0.4) is 0 Å². The summed E-state index contributed by atoms with van der Waals surface area (Å²) in [4.78, 5) is 36.7. The number of hydrogen-bond donors (Lipinski definition) is 1. The fourth-order valence-electron chi connectivity index (χ4n) is 3.38. The Morgan fingerprint density at radius 2 is 2.17 bits per heavy atom. The summed E-state index contributed by atoms with van der Waals surface area (Å²) in [6.45, 7) is 6.92. The molecule has 0 bridgehead atoms. The van der Waals surface area contributed by atoms with E-state index in [1.54, 1.807) is 23.0 Å². The van der Waals surface area contributed by atoms with E-state index in [2.05, 4.69) is 27.1 Å². The molecule has 1 aliphatic heterocycles. The predicted octanol–water partition coefficient (Wildman–Crippen LogP) is 3.11. The normalized spacial score (nSPS) is 15.1. The van der Waals surface area contributed by atoms with Gasteiger partial charge in [0, 0.05) is 19.6 Å². The summed E-state index contributed by atoms with van der Waals surface area (Å²) in [5.41, 5.74) is 0.386. The van der Waals surface area contributed by atoms with Gasteiger partial charge in [0.1, 0.15) is 10.5 Å². The molecule has 0 aliphatic carbocycles. The summed E-state index contributed by atoms with van der Waals surface area (Å²) < 4.78 is 7.41. The number of nitrogens with zero attached hydrogens (tertiary/aromatic N) is 4. The van der Waals surface area contributed by atoms with Crippen molar-refractivity contribution in [2.45, 2.75) is 44.9 Å². The number of anilines is 1. The molecule has 0 atom stereocenters. The summed E-state index contributed by atoms with van der Waals surface area (Å²) >= 11 is 2.67. The second-order valence-corrected chi connectivity index (χ2v) is 9.33. The second-order valence-electron chi connectivity index (χ2n) is 7.41. The molecule has 1 fully saturated rings. The Morgan fingerprint density at radius 3 is 2.87 bits per heavy atom. The third-order valence-electron chi connectivity index (χ3n) is 5.21. The van der Waals surface area contributed by atoms with Crippen LogP contribution in [0.25, 0.3) is 10.3 Å². The minimum absolute atomic E-state index is 0.0879. The van der Waals surface area contributed by atoms with Crippen molar-refractivity contribution in [1.29, 1.82) is 0 Å². The van der Waals surface area contributed by atoms with Gasteiger partial charge in [-0.1, -0.05) is 30.0 Å². The number of piperidine rings is 1. The molecule has 1 aliphatic rings. The molecule has 160 valence electrons. The lowest BCUT2D eigenvalue weighted by Gasteiger charge is -2.29. The Labute approximate surface area is 182 Å². The van der Waals surface area contributed by atoms with Crippen LogP contribution in [0.4, 0.5) is 5.13 Å². The maximum Gasteiger partial charge on any atom is 0.273 e. The third-order valence-corrected chi connectivity index (χ3v) is 7.28. The van der Waals surface area contributed by atoms with E-state index in [-0.39, 0.29) is 17.2 Å². The van der Waals surface area contributed by atoms with Gasteiger partial charge >= 0.3 is 0 Å². The van der Waals surface area contributed by atoms with Gasteiger partial charge in [0.2, 0.25) is 5.91 Å². The van der Waals surface area contributed by atoms with Crippen LogP contribution in [0.2, 0.25) is 0 Å². The molecule has 0 saturated carbocycles. The Bertz CT molecular complexity index is 1070. The molecule has 30 heavy (non-hydrogen) atoms. The van der Waals surface area contributed by atoms with E-state index in [4.69, 9.17) is 4.42 Å². The van der Waals surface area contributed by atoms with Gasteiger partial charge in [-0.3, -0.25) is 14.2 Å². The van der Waals surface area contributed by atoms with Crippen molar-refractivity contribution in [3.63, 3.8) is 0 Å². The van der Waals surface area contributed by atoms with Crippen LogP contribution in [0, 0.1) is 5.92 Å². The molecule has 1 amide bonds. The Kier molecular flexibility index (Phi) is 6.43. The average Bonchev–Trinajstić information content (AvgIpc) is 3.41. The van der Waals surface area contributed by atoms with Crippen LogP contribution in [0.5, 0.6) is 0 Å². The van der Waals surface area contributed by atoms with Gasteiger partial charge in [-0.15, -0.1) is 0 Å². The summed E-state index contributed by atoms with van der Waals surface area (Å²) in [6, 6.07) is 3.59. The maximum absolute atomic E-state index is 13.0. The number of carbonyl (C=O) groups is 1. The summed E-state index contributed by atoms with van der Waals surface area (Å²) in [5.74, 6) is 1.45. The Hall–Kier alpha value is -2.33. The van der Waals surface area contributed by atoms with Crippen molar-refractivity contribution in [2.75, 3.05) is 23.7 Å². The quantitative estimate of drug-likeness (QED) is 0.439. The summed E-state index contributed by atoms with van der Waals surface area (Å²) in [6.07, 6.45) is 3.84. The molecule has 0 aromatic carbocycles. The number of nitrogens with one attached hydrogen (secondary N) is 1. The zero-order valence-electron chi connectivity index (χ0n) is 17.1. The predicted molar refractivity (Wildman–Crippen MR) is 119 cm³/mol. The molecular formula is C20H25N5O3S2. The third kappa shape index (κ3) is 4.54. The van der Waals surface area contributed by atoms with E-state index < -0.39 is 0 Å². The SMILES string of the molecule is CCn1c(SCC(=O)NCc2ccco2)nc2nc(N3CCC(C)CC3)sc2c1=O. The number of hydrogen-bond acceptors (Lipinski definition) is 8. The highest BCUT2D eigenvalue weighted by molar-refractivity contribution is 7.99. The van der Waals surface area contributed by atoms with E-state index >= 15 is 0 Å². The van der Waals surface area contributed by atoms with Crippen LogP contribution >= 0.6 is 23.1 Å². The van der Waals surface area contributed by atoms with E-state index in [1.807, 2.05) is 6.92 Å². The van der Waals surface area contributed by atoms with Crippen molar-refractivity contribution >= 4 is 44.5 Å². The highest BCUT2D eigenvalue weighted by atomic mass is 32.2. The number of carbonyl (C=O) groups excluding carboxylic acids is 1. The van der Waals surface area contributed by atoms with E-state index in [0.717, 1.165) is 37.0 Å². The molecule has 4 rings (SSSR count). The molecule has 10 heteroatoms. The van der Waals surface area contributed by atoms with Gasteiger partial charge in [0.05, 0.1) is 18.6 Å². The molecule has 1 saturated heterocycles. The van der Waals surface area contributed by atoms with E-state index in [9.17, 15) is 9.59 Å². The highest BCUT2D eigenvalue weighted by Gasteiger charge is 2.22. The van der Waals surface area contributed by atoms with Crippen LogP contribution in [-0.2, 0) is 17.9 Å². The highest BCUT2D eigenvalue weighted by Crippen LogP contribution is 2.30. The molecule has 3 aromatic rings. The molecule has 0 radical (unpaired) electrons. The van der Waals surface area contributed by atoms with Gasteiger partial charge < -0.3 is 14.6 Å². The number of thiazole rings is 1. The standard InChI is InChI=1S/C20H25N5O3S2/c1-3-25-18(27)16-17(22-19(30-16)24-8-6-13(2)7-9-24)23-20(25)29-12-15(26)21-11-14-5-4-10-28-14/h4-5,10,13H,3,6-9,11-12H2,1-2H3,(H,21,26). The lowest BCUT2D eigenvalue weighted by molar-refractivity contribution is -0.118. The molecule has 8 nitrogen and oxygen atoms in total. The minimum atomic E-state index is -0.144. The Balaban J connectivity index is 1.49. The Morgan fingerprint density at radius 1 is 1.37 bits per heavy atom. The molecule has 0 spiro atoms. The van der Waals surface area contributed by atoms with Crippen molar-refractivity contribution in [2.24, 2.45) is 5.92 Å². The molecule has 1 N–H and O–H groups in total. The first-order chi connectivity index (χ1) is 14.5. The van der Waals surface area contributed by atoms with Gasteiger partial charge in [-0.2, -0.15) is 4.98 Å². The lowest BCUT2D eigenvalue weighted by atomic mass is 10.00. The zero-order valence-corrected chi connectivity index (χ0v) is 18.7. The molecule has 3 aromatic heterocycles. The molecular weight excluding hydrogens is 422 g/mol. The maximum atomic E-state index is 13.0. The van der Waals surface area contributed by atoms with Crippen LogP contribution < -0.4 is 15.8 Å². The smallest absolute Gasteiger partial charge is 0.273 e. The van der Waals surface area contributed by atoms with E-state index in [0.29, 0.717) is 34.4 Å². The van der Waals surface area contributed by atoms with Crippen molar-refractivity contribution < 1.29 is 9.21 Å². The number of fused-ring (bicyclic) bond motifs is 1. The summed E-state index contributed by atoms with van der Waals surface area (Å²) in [5, 5.41) is 4.19. The first kappa shape index (κ1) is 20.9. The number of furan rings is 1. The van der Waals surface area contributed by atoms with Crippen molar-refractivity contribution in [3.8, 4) is 0 Å². The van der Waals surface area contributed by atoms with Gasteiger partial charge in [-0.05, 0) is 37.8 Å². The number of thioether (sulfide) groups is 1. The fraction of sp³-hybridized carbons (Fsp3) is 0.500. The summed E-state index contributed by atoms with van der Waals surface area (Å²) in [7, 11) is 0. The number of amides is 1. The van der Waals surface area contributed by atoms with E-state index in [1.165, 1.54) is 23.1 Å². The second kappa shape index (κ2) is 9.22. The van der Waals surface area contributed by atoms with Gasteiger partial charge in [0.25, 0.3) is 5.56 Å². The largest absolute Gasteiger partial charge is 0.467 e. The number of aromatic nitrogens is 3.